The van der Waals surface area contributed by atoms with Crippen molar-refractivity contribution in [1.29, 1.82) is 0 Å². The first-order valence-corrected chi connectivity index (χ1v) is 10.5. The topological polar surface area (TPSA) is 63.1 Å². The van der Waals surface area contributed by atoms with E-state index >= 15 is 0 Å². The maximum absolute atomic E-state index is 10.3. The minimum absolute atomic E-state index is 0. The Labute approximate surface area is 211 Å². The van der Waals surface area contributed by atoms with Gasteiger partial charge in [-0.15, -0.1) is 35.9 Å². The van der Waals surface area contributed by atoms with Gasteiger partial charge < -0.3 is 5.11 Å². The van der Waals surface area contributed by atoms with E-state index in [2.05, 4.69) is 72.2 Å². The number of carbonyl (C=O) groups is 1. The van der Waals surface area contributed by atoms with Crippen molar-refractivity contribution in [1.82, 2.24) is 9.97 Å². The van der Waals surface area contributed by atoms with Crippen LogP contribution in [0.15, 0.2) is 97.7 Å². The molecule has 0 saturated heterocycles. The fourth-order valence-corrected chi connectivity index (χ4v) is 4.02. The first kappa shape index (κ1) is 23.2. The monoisotopic (exact) mass is 620 g/mol. The Balaban J connectivity index is 0.000000196. The van der Waals surface area contributed by atoms with Crippen LogP contribution >= 0.6 is 0 Å². The number of hydrogen-bond acceptors (Lipinski definition) is 3. The molecule has 0 bridgehead atoms. The van der Waals surface area contributed by atoms with E-state index in [0.29, 0.717) is 0 Å². The zero-order chi connectivity index (χ0) is 22.8. The van der Waals surface area contributed by atoms with Crippen molar-refractivity contribution in [3.8, 4) is 33.5 Å². The maximum atomic E-state index is 10.3. The Bertz CT molecular complexity index is 1500. The molecular weight excluding hydrogens is 601 g/mol. The van der Waals surface area contributed by atoms with E-state index in [4.69, 9.17) is 10.1 Å². The Morgan fingerprint density at radius 1 is 0.882 bits per heavy atom. The second kappa shape index (κ2) is 9.92. The van der Waals surface area contributed by atoms with E-state index in [9.17, 15) is 4.79 Å². The van der Waals surface area contributed by atoms with Crippen LogP contribution in [0.1, 0.15) is 16.1 Å². The van der Waals surface area contributed by atoms with Crippen molar-refractivity contribution in [2.75, 3.05) is 0 Å². The van der Waals surface area contributed by atoms with Gasteiger partial charge in [0, 0.05) is 31.7 Å². The molecule has 0 unspecified atom stereocenters. The molecule has 0 amide bonds. The van der Waals surface area contributed by atoms with Crippen LogP contribution in [0.5, 0.6) is 0 Å². The van der Waals surface area contributed by atoms with Crippen LogP contribution in [0, 0.1) is 6.07 Å². The first-order valence-electron chi connectivity index (χ1n) is 10.5. The molecule has 5 heteroatoms. The molecule has 167 valence electrons. The summed E-state index contributed by atoms with van der Waals surface area (Å²) in [5.74, 6) is -1.01. The van der Waals surface area contributed by atoms with Gasteiger partial charge in [-0.05, 0) is 45.6 Å². The number of aromatic nitrogens is 2. The number of fused-ring (bicyclic) bond motifs is 3. The first-order chi connectivity index (χ1) is 16.2. The summed E-state index contributed by atoms with van der Waals surface area (Å²) in [4.78, 5) is 18.8. The number of aromatic carboxylic acids is 1. The molecule has 1 radical (unpaired) electrons. The number of carboxylic acids is 1. The fourth-order valence-electron chi connectivity index (χ4n) is 4.02. The van der Waals surface area contributed by atoms with E-state index in [-0.39, 0.29) is 25.8 Å². The van der Waals surface area contributed by atoms with Crippen LogP contribution in [0.2, 0.25) is 0 Å². The molecule has 1 N–H and O–H groups in total. The number of hydrogen-bond donors (Lipinski definition) is 1. The SMILES string of the molecule is C=Cc1ccc(C(=O)O)nc1.[Ir].[c-]1ccccc1-c1cc2c3c(cccc3n1)-c1ccccc1-2. The van der Waals surface area contributed by atoms with Gasteiger partial charge in [0.1, 0.15) is 5.69 Å². The van der Waals surface area contributed by atoms with Gasteiger partial charge in [-0.1, -0.05) is 61.2 Å². The van der Waals surface area contributed by atoms with Crippen molar-refractivity contribution in [2.24, 2.45) is 0 Å². The fraction of sp³-hybridized carbons (Fsp3) is 0. The smallest absolute Gasteiger partial charge is 0.354 e. The van der Waals surface area contributed by atoms with E-state index in [0.717, 1.165) is 22.3 Å². The van der Waals surface area contributed by atoms with Gasteiger partial charge in [-0.2, -0.15) is 0 Å². The summed E-state index contributed by atoms with van der Waals surface area (Å²) in [6.07, 6.45) is 3.08. The minimum atomic E-state index is -1.01. The van der Waals surface area contributed by atoms with Crippen LogP contribution in [-0.2, 0) is 20.1 Å². The molecule has 34 heavy (non-hydrogen) atoms. The standard InChI is InChI=1S/C21H12N.C8H7NO2.Ir/c1-2-7-14(8-3-1)20-13-18-16-10-5-4-9-15(16)17-11-6-12-19(22-20)21(17)18;1-2-6-3-4-7(8(10)11)9-5-6;/h1-7,9-13H;2-5H,1H2,(H,10,11);/q-1;;. The van der Waals surface area contributed by atoms with Crippen LogP contribution in [-0.4, -0.2) is 21.0 Å². The molecule has 1 aliphatic carbocycles. The van der Waals surface area contributed by atoms with Crippen molar-refractivity contribution < 1.29 is 30.0 Å². The van der Waals surface area contributed by atoms with Gasteiger partial charge >= 0.3 is 5.97 Å². The van der Waals surface area contributed by atoms with Crippen LogP contribution in [0.4, 0.5) is 0 Å². The van der Waals surface area contributed by atoms with Crippen LogP contribution in [0.3, 0.4) is 0 Å². The third-order valence-corrected chi connectivity index (χ3v) is 5.57. The van der Waals surface area contributed by atoms with Gasteiger partial charge in [-0.25, -0.2) is 9.78 Å². The molecule has 0 saturated carbocycles. The molecule has 0 fully saturated rings. The second-order valence-corrected chi connectivity index (χ2v) is 7.56. The molecule has 2 heterocycles. The average Bonchev–Trinajstić information content (AvgIpc) is 3.20. The Kier molecular flexibility index (Phi) is 6.78. The summed E-state index contributed by atoms with van der Waals surface area (Å²) < 4.78 is 0. The molecule has 6 rings (SSSR count). The summed E-state index contributed by atoms with van der Waals surface area (Å²) in [5.41, 5.74) is 9.12. The van der Waals surface area contributed by atoms with Crippen molar-refractivity contribution >= 4 is 22.9 Å². The van der Waals surface area contributed by atoms with Gasteiger partial charge in [0.15, 0.2) is 0 Å². The maximum Gasteiger partial charge on any atom is 0.354 e. The Morgan fingerprint density at radius 3 is 2.26 bits per heavy atom. The molecule has 1 aliphatic rings. The van der Waals surface area contributed by atoms with E-state index < -0.39 is 5.97 Å². The molecule has 4 nitrogen and oxygen atoms in total. The Morgan fingerprint density at radius 2 is 1.62 bits per heavy atom. The minimum Gasteiger partial charge on any atom is -0.477 e. The molecule has 3 aromatic carbocycles. The summed E-state index contributed by atoms with van der Waals surface area (Å²) in [5, 5.41) is 9.73. The normalized spacial score (nSPS) is 10.5. The molecular formula is C29H19IrN2O2-. The van der Waals surface area contributed by atoms with Crippen LogP contribution < -0.4 is 0 Å². The van der Waals surface area contributed by atoms with E-state index in [1.165, 1.54) is 39.9 Å². The zero-order valence-electron chi connectivity index (χ0n) is 18.0. The summed E-state index contributed by atoms with van der Waals surface area (Å²) >= 11 is 0. The van der Waals surface area contributed by atoms with Crippen molar-refractivity contribution in [2.45, 2.75) is 0 Å². The molecule has 0 aliphatic heterocycles. The van der Waals surface area contributed by atoms with Crippen molar-refractivity contribution in [3.05, 3.63) is 115 Å². The summed E-state index contributed by atoms with van der Waals surface area (Å²) in [7, 11) is 0. The number of pyridine rings is 2. The second-order valence-electron chi connectivity index (χ2n) is 7.56. The predicted octanol–water partition coefficient (Wildman–Crippen LogP) is 6.77. The molecule has 2 aromatic heterocycles. The van der Waals surface area contributed by atoms with Gasteiger partial charge in [-0.3, -0.25) is 4.98 Å². The third-order valence-electron chi connectivity index (χ3n) is 5.57. The van der Waals surface area contributed by atoms with Crippen LogP contribution in [0.25, 0.3) is 50.5 Å². The third kappa shape index (κ3) is 4.31. The zero-order valence-corrected chi connectivity index (χ0v) is 20.4. The summed E-state index contributed by atoms with van der Waals surface area (Å²) in [6.45, 7) is 3.52. The molecule has 0 atom stereocenters. The Hall–Kier alpha value is -3.92. The van der Waals surface area contributed by atoms with Crippen molar-refractivity contribution in [3.63, 3.8) is 0 Å². The number of benzene rings is 3. The quantitative estimate of drug-likeness (QED) is 0.222. The van der Waals surface area contributed by atoms with E-state index in [1.807, 2.05) is 18.2 Å². The average molecular weight is 620 g/mol. The largest absolute Gasteiger partial charge is 0.477 e. The van der Waals surface area contributed by atoms with Gasteiger partial charge in [0.25, 0.3) is 0 Å². The number of carboxylic acid groups (broad SMARTS) is 1. The molecule has 0 spiro atoms. The summed E-state index contributed by atoms with van der Waals surface area (Å²) in [6, 6.07) is 31.6. The van der Waals surface area contributed by atoms with E-state index in [1.54, 1.807) is 12.1 Å². The number of rotatable bonds is 3. The molecule has 5 aromatic rings. The van der Waals surface area contributed by atoms with Gasteiger partial charge in [0.05, 0.1) is 5.52 Å². The predicted molar refractivity (Wildman–Crippen MR) is 132 cm³/mol. The van der Waals surface area contributed by atoms with Gasteiger partial charge in [0.2, 0.25) is 0 Å². The number of nitrogens with zero attached hydrogens (tertiary/aromatic N) is 2.